The van der Waals surface area contributed by atoms with E-state index < -0.39 is 17.6 Å². The third-order valence-corrected chi connectivity index (χ3v) is 5.38. The van der Waals surface area contributed by atoms with E-state index in [0.29, 0.717) is 19.6 Å². The Balaban J connectivity index is 2.55. The van der Waals surface area contributed by atoms with Crippen LogP contribution in [0.5, 0.6) is 0 Å². The molecule has 0 saturated heterocycles. The summed E-state index contributed by atoms with van der Waals surface area (Å²) in [5, 5.41) is 11.0. The first kappa shape index (κ1) is 26.0. The number of aryl methyl sites for hydroxylation is 1. The molecule has 0 aliphatic carbocycles. The Morgan fingerprint density at radius 2 is 1.41 bits per heavy atom. The van der Waals surface area contributed by atoms with E-state index in [1.54, 1.807) is 6.07 Å². The molecule has 3 nitrogen and oxygen atoms in total. The Hall–Kier alpha value is -1.04. The Morgan fingerprint density at radius 1 is 0.828 bits per heavy atom. The van der Waals surface area contributed by atoms with Gasteiger partial charge in [0, 0.05) is 19.1 Å². The van der Waals surface area contributed by atoms with Crippen molar-refractivity contribution in [3.05, 3.63) is 35.4 Å². The molecule has 1 atom stereocenters. The van der Waals surface area contributed by atoms with Gasteiger partial charge in [0.2, 0.25) is 0 Å². The van der Waals surface area contributed by atoms with Crippen molar-refractivity contribution in [2.24, 2.45) is 5.92 Å². The minimum absolute atomic E-state index is 0.0986. The van der Waals surface area contributed by atoms with Gasteiger partial charge in [0.05, 0.1) is 0 Å². The first-order chi connectivity index (χ1) is 14.0. The highest BCUT2D eigenvalue weighted by Gasteiger charge is 2.37. The fourth-order valence-electron chi connectivity index (χ4n) is 3.79. The topological polar surface area (TPSA) is 38.7 Å². The van der Waals surface area contributed by atoms with Crippen molar-refractivity contribution in [2.75, 3.05) is 13.2 Å². The van der Waals surface area contributed by atoms with E-state index in [1.807, 2.05) is 13.8 Å². The molecule has 0 spiro atoms. The van der Waals surface area contributed by atoms with Crippen LogP contribution in [-0.2, 0) is 15.9 Å². The summed E-state index contributed by atoms with van der Waals surface area (Å²) in [6.07, 6.45) is 11.2. The molecule has 0 heterocycles. The monoisotopic (exact) mass is 414 g/mol. The van der Waals surface area contributed by atoms with Crippen molar-refractivity contribution in [1.29, 1.82) is 0 Å². The third kappa shape index (κ3) is 10.0. The maximum absolute atomic E-state index is 13.4. The fourth-order valence-corrected chi connectivity index (χ4v) is 3.79. The summed E-state index contributed by atoms with van der Waals surface area (Å²) in [5.74, 6) is -3.26. The molecule has 1 aromatic carbocycles. The van der Waals surface area contributed by atoms with E-state index in [2.05, 4.69) is 6.92 Å². The predicted molar refractivity (Wildman–Crippen MR) is 114 cm³/mol. The normalized spacial score (nSPS) is 13.0. The molecule has 1 N–H and O–H groups in total. The lowest BCUT2D eigenvalue weighted by atomic mass is 9.91. The van der Waals surface area contributed by atoms with Gasteiger partial charge in [-0.3, -0.25) is 0 Å². The van der Waals surface area contributed by atoms with Gasteiger partial charge in [0.15, 0.2) is 11.6 Å². The lowest BCUT2D eigenvalue weighted by Crippen LogP contribution is -2.44. The van der Waals surface area contributed by atoms with Crippen LogP contribution in [0, 0.1) is 17.6 Å². The molecule has 1 rings (SSSR count). The number of halogens is 2. The van der Waals surface area contributed by atoms with E-state index in [4.69, 9.17) is 9.47 Å². The summed E-state index contributed by atoms with van der Waals surface area (Å²) in [6.45, 7) is 6.70. The fraction of sp³-hybridized carbons (Fsp3) is 0.750. The van der Waals surface area contributed by atoms with Crippen molar-refractivity contribution in [3.8, 4) is 0 Å². The van der Waals surface area contributed by atoms with Gasteiger partial charge >= 0.3 is 0 Å². The summed E-state index contributed by atoms with van der Waals surface area (Å²) in [7, 11) is 0. The molecule has 168 valence electrons. The number of unbranched alkanes of at least 4 members (excludes halogenated alkanes) is 6. The van der Waals surface area contributed by atoms with Crippen molar-refractivity contribution < 1.29 is 23.4 Å². The molecule has 29 heavy (non-hydrogen) atoms. The van der Waals surface area contributed by atoms with Gasteiger partial charge in [0.1, 0.15) is 0 Å². The Labute approximate surface area is 175 Å². The number of ether oxygens (including phenoxy) is 2. The van der Waals surface area contributed by atoms with Crippen LogP contribution in [0.2, 0.25) is 0 Å². The third-order valence-electron chi connectivity index (χ3n) is 5.38. The lowest BCUT2D eigenvalue weighted by Gasteiger charge is -2.35. The Kier molecular flexibility index (Phi) is 13.3. The molecule has 5 heteroatoms. The molecule has 0 fully saturated rings. The average molecular weight is 415 g/mol. The first-order valence-corrected chi connectivity index (χ1v) is 11.4. The zero-order valence-electron chi connectivity index (χ0n) is 18.5. The van der Waals surface area contributed by atoms with Crippen LogP contribution >= 0.6 is 0 Å². The molecule has 0 saturated carbocycles. The number of benzene rings is 1. The molecule has 0 aliphatic rings. The molecule has 0 aliphatic heterocycles. The van der Waals surface area contributed by atoms with Crippen LogP contribution in [0.25, 0.3) is 0 Å². The number of hydrogen-bond donors (Lipinski definition) is 1. The van der Waals surface area contributed by atoms with Gasteiger partial charge in [-0.15, -0.1) is 0 Å². The highest BCUT2D eigenvalue weighted by atomic mass is 19.2. The summed E-state index contributed by atoms with van der Waals surface area (Å²) in [5.41, 5.74) is 0.793. The second-order valence-electron chi connectivity index (χ2n) is 7.74. The lowest BCUT2D eigenvalue weighted by molar-refractivity contribution is -0.385. The van der Waals surface area contributed by atoms with E-state index >= 15 is 0 Å². The summed E-state index contributed by atoms with van der Waals surface area (Å²) in [6, 6.07) is 4.07. The van der Waals surface area contributed by atoms with Gasteiger partial charge in [0.25, 0.3) is 5.97 Å². The minimum Gasteiger partial charge on any atom is -0.343 e. The van der Waals surface area contributed by atoms with Crippen molar-refractivity contribution >= 4 is 0 Å². The van der Waals surface area contributed by atoms with Crippen LogP contribution in [0.3, 0.4) is 0 Å². The van der Waals surface area contributed by atoms with Crippen LogP contribution in [-0.4, -0.2) is 24.3 Å². The van der Waals surface area contributed by atoms with Crippen LogP contribution in [0.15, 0.2) is 18.2 Å². The highest BCUT2D eigenvalue weighted by Crippen LogP contribution is 2.31. The zero-order valence-corrected chi connectivity index (χ0v) is 18.5. The maximum atomic E-state index is 13.4. The largest absolute Gasteiger partial charge is 0.343 e. The molecule has 0 amide bonds. The molecule has 1 unspecified atom stereocenters. The SMILES string of the molecule is CCCCCCCCC(CCCCc1ccc(F)c(F)c1)C(O)(OCC)OCC. The van der Waals surface area contributed by atoms with Gasteiger partial charge in [-0.2, -0.15) is 0 Å². The van der Waals surface area contributed by atoms with E-state index in [1.165, 1.54) is 37.8 Å². The average Bonchev–Trinajstić information content (AvgIpc) is 2.69. The first-order valence-electron chi connectivity index (χ1n) is 11.4. The van der Waals surface area contributed by atoms with E-state index in [9.17, 15) is 13.9 Å². The highest BCUT2D eigenvalue weighted by molar-refractivity contribution is 5.17. The van der Waals surface area contributed by atoms with Gasteiger partial charge in [-0.25, -0.2) is 8.78 Å². The summed E-state index contributed by atoms with van der Waals surface area (Å²) >= 11 is 0. The van der Waals surface area contributed by atoms with Gasteiger partial charge in [-0.05, 0) is 57.2 Å². The number of rotatable bonds is 17. The minimum atomic E-state index is -1.55. The molecule has 0 radical (unpaired) electrons. The van der Waals surface area contributed by atoms with Crippen LogP contribution < -0.4 is 0 Å². The molecule has 1 aromatic rings. The second kappa shape index (κ2) is 14.9. The second-order valence-corrected chi connectivity index (χ2v) is 7.74. The molecular formula is C24H40F2O3. The Bertz CT molecular complexity index is 545. The van der Waals surface area contributed by atoms with Gasteiger partial charge in [-0.1, -0.05) is 57.9 Å². The Morgan fingerprint density at radius 3 is 2.00 bits per heavy atom. The summed E-state index contributed by atoms with van der Waals surface area (Å²) < 4.78 is 37.6. The predicted octanol–water partition coefficient (Wildman–Crippen LogP) is 6.76. The van der Waals surface area contributed by atoms with Crippen LogP contribution in [0.1, 0.15) is 90.5 Å². The smallest absolute Gasteiger partial charge is 0.283 e. The van der Waals surface area contributed by atoms with Gasteiger partial charge < -0.3 is 14.6 Å². The molecular weight excluding hydrogens is 374 g/mol. The zero-order chi connectivity index (χ0) is 21.5. The standard InChI is InChI=1S/C24H40F2O3/c1-4-7-8-9-10-11-15-21(24(27,28-5-2)29-6-3)16-13-12-14-20-17-18-22(25)23(26)19-20/h17-19,21,27H,4-16H2,1-3H3. The van der Waals surface area contributed by atoms with E-state index in [-0.39, 0.29) is 5.92 Å². The molecule has 0 aromatic heterocycles. The van der Waals surface area contributed by atoms with Crippen molar-refractivity contribution in [1.82, 2.24) is 0 Å². The number of hydrogen-bond acceptors (Lipinski definition) is 3. The van der Waals surface area contributed by atoms with Crippen molar-refractivity contribution in [3.63, 3.8) is 0 Å². The molecule has 0 bridgehead atoms. The van der Waals surface area contributed by atoms with Crippen LogP contribution in [0.4, 0.5) is 8.78 Å². The quantitative estimate of drug-likeness (QED) is 0.226. The van der Waals surface area contributed by atoms with E-state index in [0.717, 1.165) is 44.1 Å². The van der Waals surface area contributed by atoms with Crippen molar-refractivity contribution in [2.45, 2.75) is 97.4 Å². The number of aliphatic hydroxyl groups is 1. The summed E-state index contributed by atoms with van der Waals surface area (Å²) in [4.78, 5) is 0. The maximum Gasteiger partial charge on any atom is 0.283 e.